The Morgan fingerprint density at radius 2 is 2.24 bits per heavy atom. The number of nitrogens with zero attached hydrogens (tertiary/aromatic N) is 2. The van der Waals surface area contributed by atoms with Gasteiger partial charge in [-0.3, -0.25) is 0 Å². The fourth-order valence-corrected chi connectivity index (χ4v) is 2.83. The topological polar surface area (TPSA) is 65.5 Å². The third-order valence-corrected chi connectivity index (χ3v) is 3.83. The first kappa shape index (κ1) is 12.3. The lowest BCUT2D eigenvalue weighted by molar-refractivity contribution is 0.0690. The summed E-state index contributed by atoms with van der Waals surface area (Å²) in [6.07, 6.45) is 2.58. The minimum absolute atomic E-state index is 0.165. The molecule has 1 aromatic heterocycles. The predicted octanol–water partition coefficient (Wildman–Crippen LogP) is 1.66. The van der Waals surface area contributed by atoms with Crippen molar-refractivity contribution < 1.29 is 9.90 Å². The van der Waals surface area contributed by atoms with Crippen LogP contribution in [0.3, 0.4) is 0 Å². The lowest BCUT2D eigenvalue weighted by Gasteiger charge is -2.14. The van der Waals surface area contributed by atoms with Crippen molar-refractivity contribution in [2.75, 3.05) is 31.5 Å². The molecule has 1 aliphatic heterocycles. The number of aromatic carboxylic acids is 1. The normalized spacial score (nSPS) is 16.3. The summed E-state index contributed by atoms with van der Waals surface area (Å²) in [5.74, 6) is -0.952. The molecule has 1 aromatic rings. The number of carboxylic acid groups (broad SMARTS) is 1. The molecule has 94 valence electrons. The molecule has 6 heteroatoms. The zero-order chi connectivity index (χ0) is 12.3. The molecule has 0 radical (unpaired) electrons. The fraction of sp³-hybridized carbons (Fsp3) is 0.636. The molecule has 0 atom stereocenters. The summed E-state index contributed by atoms with van der Waals surface area (Å²) in [5.41, 5.74) is 0.165. The van der Waals surface area contributed by atoms with Gasteiger partial charge >= 0.3 is 5.97 Å². The lowest BCUT2D eigenvalue weighted by Crippen LogP contribution is -2.25. The summed E-state index contributed by atoms with van der Waals surface area (Å²) in [6.45, 7) is 5.97. The predicted molar refractivity (Wildman–Crippen MR) is 68.0 cm³/mol. The Labute approximate surface area is 104 Å². The molecule has 1 fully saturated rings. The third kappa shape index (κ3) is 3.17. The van der Waals surface area contributed by atoms with Gasteiger partial charge in [-0.2, -0.15) is 0 Å². The minimum atomic E-state index is -0.952. The fourth-order valence-electron chi connectivity index (χ4n) is 2.00. The Balaban J connectivity index is 1.82. The van der Waals surface area contributed by atoms with Crippen LogP contribution >= 0.6 is 11.3 Å². The second-order valence-corrected chi connectivity index (χ2v) is 5.41. The molecule has 0 spiro atoms. The summed E-state index contributed by atoms with van der Waals surface area (Å²) in [4.78, 5) is 18.0. The van der Waals surface area contributed by atoms with Crippen LogP contribution in [0.1, 0.15) is 28.2 Å². The molecule has 1 saturated heterocycles. The molecule has 0 aliphatic carbocycles. The van der Waals surface area contributed by atoms with E-state index in [-0.39, 0.29) is 5.69 Å². The summed E-state index contributed by atoms with van der Waals surface area (Å²) < 4.78 is 0. The summed E-state index contributed by atoms with van der Waals surface area (Å²) in [5, 5.41) is 12.8. The maximum absolute atomic E-state index is 10.8. The molecule has 0 bridgehead atoms. The maximum atomic E-state index is 10.8. The zero-order valence-corrected chi connectivity index (χ0v) is 10.7. The van der Waals surface area contributed by atoms with Crippen LogP contribution in [0, 0.1) is 6.92 Å². The molecule has 5 nitrogen and oxygen atoms in total. The van der Waals surface area contributed by atoms with Crippen molar-refractivity contribution in [3.63, 3.8) is 0 Å². The Morgan fingerprint density at radius 3 is 2.82 bits per heavy atom. The molecule has 2 heterocycles. The van der Waals surface area contributed by atoms with Gasteiger partial charge in [0.15, 0.2) is 10.8 Å². The SMILES string of the molecule is Cc1sc(NCCN2CCCC2)nc1C(=O)O. The minimum Gasteiger partial charge on any atom is -0.476 e. The van der Waals surface area contributed by atoms with E-state index < -0.39 is 5.97 Å². The second kappa shape index (κ2) is 5.46. The average molecular weight is 255 g/mol. The van der Waals surface area contributed by atoms with Crippen molar-refractivity contribution in [3.05, 3.63) is 10.6 Å². The van der Waals surface area contributed by atoms with Gasteiger partial charge in [-0.05, 0) is 32.9 Å². The molecule has 17 heavy (non-hydrogen) atoms. The number of aryl methyl sites for hydroxylation is 1. The van der Waals surface area contributed by atoms with Gasteiger partial charge < -0.3 is 15.3 Å². The number of carboxylic acids is 1. The highest BCUT2D eigenvalue weighted by Gasteiger charge is 2.14. The quantitative estimate of drug-likeness (QED) is 0.837. The molecular weight excluding hydrogens is 238 g/mol. The van der Waals surface area contributed by atoms with E-state index in [9.17, 15) is 4.79 Å². The number of likely N-dealkylation sites (tertiary alicyclic amines) is 1. The molecule has 2 rings (SSSR count). The van der Waals surface area contributed by atoms with E-state index in [2.05, 4.69) is 15.2 Å². The van der Waals surface area contributed by atoms with Crippen molar-refractivity contribution in [1.29, 1.82) is 0 Å². The van der Waals surface area contributed by atoms with Crippen LogP contribution in [0.25, 0.3) is 0 Å². The van der Waals surface area contributed by atoms with Gasteiger partial charge in [0.2, 0.25) is 0 Å². The number of rotatable bonds is 5. The highest BCUT2D eigenvalue weighted by Crippen LogP contribution is 2.21. The van der Waals surface area contributed by atoms with Crippen molar-refractivity contribution in [2.45, 2.75) is 19.8 Å². The number of nitrogens with one attached hydrogen (secondary N) is 1. The van der Waals surface area contributed by atoms with Gasteiger partial charge in [-0.1, -0.05) is 0 Å². The molecule has 0 saturated carbocycles. The average Bonchev–Trinajstić information content (AvgIpc) is 2.88. The van der Waals surface area contributed by atoms with Gasteiger partial charge in [0.25, 0.3) is 0 Å². The molecule has 2 N–H and O–H groups in total. The van der Waals surface area contributed by atoms with E-state index in [4.69, 9.17) is 5.11 Å². The van der Waals surface area contributed by atoms with E-state index in [1.807, 2.05) is 0 Å². The van der Waals surface area contributed by atoms with Gasteiger partial charge in [0.05, 0.1) is 0 Å². The Morgan fingerprint density at radius 1 is 1.53 bits per heavy atom. The largest absolute Gasteiger partial charge is 0.476 e. The standard InChI is InChI=1S/C11H17N3O2S/c1-8-9(10(15)16)13-11(17-8)12-4-7-14-5-2-3-6-14/h2-7H2,1H3,(H,12,13)(H,15,16). The van der Waals surface area contributed by atoms with Crippen molar-refractivity contribution in [1.82, 2.24) is 9.88 Å². The molecular formula is C11H17N3O2S. The number of aromatic nitrogens is 1. The summed E-state index contributed by atoms with van der Waals surface area (Å²) in [6, 6.07) is 0. The lowest BCUT2D eigenvalue weighted by atomic mass is 10.4. The smallest absolute Gasteiger partial charge is 0.355 e. The number of carbonyl (C=O) groups is 1. The third-order valence-electron chi connectivity index (χ3n) is 2.90. The van der Waals surface area contributed by atoms with E-state index in [1.54, 1.807) is 6.92 Å². The van der Waals surface area contributed by atoms with Crippen molar-refractivity contribution in [3.8, 4) is 0 Å². The molecule has 0 unspecified atom stereocenters. The van der Waals surface area contributed by atoms with Gasteiger partial charge in [-0.25, -0.2) is 9.78 Å². The van der Waals surface area contributed by atoms with Crippen LogP contribution in [0.5, 0.6) is 0 Å². The molecule has 0 aromatic carbocycles. The van der Waals surface area contributed by atoms with E-state index in [0.717, 1.165) is 18.0 Å². The number of hydrogen-bond donors (Lipinski definition) is 2. The van der Waals surface area contributed by atoms with Crippen molar-refractivity contribution in [2.24, 2.45) is 0 Å². The monoisotopic (exact) mass is 255 g/mol. The van der Waals surface area contributed by atoms with Gasteiger partial charge in [0.1, 0.15) is 0 Å². The maximum Gasteiger partial charge on any atom is 0.355 e. The second-order valence-electron chi connectivity index (χ2n) is 4.20. The first-order valence-corrected chi connectivity index (χ1v) is 6.65. The van der Waals surface area contributed by atoms with E-state index in [0.29, 0.717) is 5.13 Å². The van der Waals surface area contributed by atoms with E-state index >= 15 is 0 Å². The van der Waals surface area contributed by atoms with Crippen LogP contribution in [0.15, 0.2) is 0 Å². The van der Waals surface area contributed by atoms with Crippen LogP contribution < -0.4 is 5.32 Å². The van der Waals surface area contributed by atoms with Crippen LogP contribution in [0.4, 0.5) is 5.13 Å². The van der Waals surface area contributed by atoms with Crippen molar-refractivity contribution >= 4 is 22.4 Å². The number of thiazole rings is 1. The molecule has 1 aliphatic rings. The summed E-state index contributed by atoms with van der Waals surface area (Å²) in [7, 11) is 0. The van der Waals surface area contributed by atoms with E-state index in [1.165, 1.54) is 37.3 Å². The first-order chi connectivity index (χ1) is 8.16. The van der Waals surface area contributed by atoms with Crippen LogP contribution in [0.2, 0.25) is 0 Å². The summed E-state index contributed by atoms with van der Waals surface area (Å²) >= 11 is 1.40. The Kier molecular flexibility index (Phi) is 3.96. The first-order valence-electron chi connectivity index (χ1n) is 5.84. The van der Waals surface area contributed by atoms with Gasteiger partial charge in [0, 0.05) is 18.0 Å². The van der Waals surface area contributed by atoms with Gasteiger partial charge in [-0.15, -0.1) is 11.3 Å². The highest BCUT2D eigenvalue weighted by molar-refractivity contribution is 7.15. The zero-order valence-electron chi connectivity index (χ0n) is 9.90. The number of anilines is 1. The van der Waals surface area contributed by atoms with Crippen LogP contribution in [-0.2, 0) is 0 Å². The molecule has 0 amide bonds. The Bertz CT molecular complexity index is 399. The number of hydrogen-bond acceptors (Lipinski definition) is 5. The Hall–Kier alpha value is -1.14. The van der Waals surface area contributed by atoms with Crippen LogP contribution in [-0.4, -0.2) is 47.1 Å². The highest BCUT2D eigenvalue weighted by atomic mass is 32.1.